The summed E-state index contributed by atoms with van der Waals surface area (Å²) in [7, 11) is 0. The standard InChI is InChI=1S/C31H38N2O7S/c1-4-6-17-39-31(36)29-26(5-2)32-21(3)27(28(29)23-9-7-10-24(20-23)33(37)38)30(35)40-18-8-19-41-25-13-11-22(12-14-25)15-16-34/h7,9-14,20,28,32,34H,4-6,8,15-19H2,1-3H3. The number of non-ortho nitro benzene ring substituents is 1. The number of hydrogen-bond donors (Lipinski definition) is 2. The minimum atomic E-state index is -0.875. The average molecular weight is 583 g/mol. The summed E-state index contributed by atoms with van der Waals surface area (Å²) in [5.74, 6) is -1.29. The summed E-state index contributed by atoms with van der Waals surface area (Å²) in [5.41, 5.74) is 3.02. The SMILES string of the molecule is CCCCOC(=O)C1=C(CC)NC(C)=C(C(=O)OCCCSc2ccc(CCO)cc2)C1c1cccc([N+](=O)[O-])c1. The van der Waals surface area contributed by atoms with E-state index in [9.17, 15) is 19.7 Å². The summed E-state index contributed by atoms with van der Waals surface area (Å²) in [5, 5.41) is 23.8. The van der Waals surface area contributed by atoms with Crippen molar-refractivity contribution in [2.45, 2.75) is 63.7 Å². The van der Waals surface area contributed by atoms with Crippen LogP contribution >= 0.6 is 11.8 Å². The Kier molecular flexibility index (Phi) is 12.4. The Bertz CT molecular complexity index is 1290. The van der Waals surface area contributed by atoms with E-state index in [0.29, 0.717) is 42.6 Å². The first kappa shape index (κ1) is 31.9. The quantitative estimate of drug-likeness (QED) is 0.0877. The molecule has 2 aromatic carbocycles. The number of hydrogen-bond acceptors (Lipinski definition) is 9. The van der Waals surface area contributed by atoms with Crippen LogP contribution in [0.25, 0.3) is 0 Å². The average Bonchev–Trinajstić information content (AvgIpc) is 2.97. The predicted molar refractivity (Wildman–Crippen MR) is 158 cm³/mol. The highest BCUT2D eigenvalue weighted by Gasteiger charge is 2.39. The molecule has 1 aliphatic rings. The molecule has 0 fully saturated rings. The van der Waals surface area contributed by atoms with Gasteiger partial charge >= 0.3 is 11.9 Å². The van der Waals surface area contributed by atoms with Crippen LogP contribution in [-0.2, 0) is 25.5 Å². The van der Waals surface area contributed by atoms with E-state index in [4.69, 9.17) is 14.6 Å². The Balaban J connectivity index is 1.79. The lowest BCUT2D eigenvalue weighted by molar-refractivity contribution is -0.384. The molecule has 1 heterocycles. The van der Waals surface area contributed by atoms with Gasteiger partial charge in [-0.2, -0.15) is 0 Å². The van der Waals surface area contributed by atoms with Crippen LogP contribution in [-0.4, -0.2) is 47.5 Å². The van der Waals surface area contributed by atoms with Crippen molar-refractivity contribution in [2.24, 2.45) is 0 Å². The first-order chi connectivity index (χ1) is 19.8. The molecule has 0 saturated heterocycles. The van der Waals surface area contributed by atoms with Crippen molar-refractivity contribution < 1.29 is 29.1 Å². The Morgan fingerprint density at radius 1 is 1.02 bits per heavy atom. The molecule has 0 saturated carbocycles. The molecule has 0 aromatic heterocycles. The molecule has 0 amide bonds. The van der Waals surface area contributed by atoms with Crippen molar-refractivity contribution in [3.63, 3.8) is 0 Å². The predicted octanol–water partition coefficient (Wildman–Crippen LogP) is 5.82. The number of dihydropyridines is 1. The van der Waals surface area contributed by atoms with Crippen LogP contribution in [0.2, 0.25) is 0 Å². The number of unbranched alkanes of at least 4 members (excludes halogenated alkanes) is 1. The fourth-order valence-electron chi connectivity index (χ4n) is 4.60. The van der Waals surface area contributed by atoms with E-state index in [1.807, 2.05) is 38.1 Å². The molecule has 1 unspecified atom stereocenters. The molecule has 2 N–H and O–H groups in total. The normalized spacial score (nSPS) is 15.0. The lowest BCUT2D eigenvalue weighted by Crippen LogP contribution is -2.33. The maximum absolute atomic E-state index is 13.5. The van der Waals surface area contributed by atoms with Crippen LogP contribution in [0.4, 0.5) is 5.69 Å². The lowest BCUT2D eigenvalue weighted by atomic mass is 9.79. The van der Waals surface area contributed by atoms with Gasteiger partial charge < -0.3 is 19.9 Å². The minimum absolute atomic E-state index is 0.113. The number of allylic oxidation sites excluding steroid dienone is 2. The van der Waals surface area contributed by atoms with Gasteiger partial charge in [0.1, 0.15) is 0 Å². The molecule has 2 aromatic rings. The zero-order chi connectivity index (χ0) is 29.8. The van der Waals surface area contributed by atoms with Gasteiger partial charge in [-0.3, -0.25) is 10.1 Å². The number of aliphatic hydroxyl groups excluding tert-OH is 1. The third-order valence-corrected chi connectivity index (χ3v) is 7.80. The van der Waals surface area contributed by atoms with E-state index < -0.39 is 22.8 Å². The van der Waals surface area contributed by atoms with Crippen LogP contribution < -0.4 is 5.32 Å². The number of esters is 2. The smallest absolute Gasteiger partial charge is 0.336 e. The fraction of sp³-hybridized carbons (Fsp3) is 0.419. The first-order valence-electron chi connectivity index (χ1n) is 13.9. The van der Waals surface area contributed by atoms with E-state index in [1.165, 1.54) is 12.1 Å². The van der Waals surface area contributed by atoms with E-state index >= 15 is 0 Å². The molecular formula is C31H38N2O7S. The highest BCUT2D eigenvalue weighted by atomic mass is 32.2. The van der Waals surface area contributed by atoms with Gasteiger partial charge in [-0.1, -0.05) is 44.5 Å². The second kappa shape index (κ2) is 16.0. The van der Waals surface area contributed by atoms with Crippen LogP contribution in [0.5, 0.6) is 0 Å². The van der Waals surface area contributed by atoms with Crippen molar-refractivity contribution in [1.29, 1.82) is 0 Å². The Hall–Kier alpha value is -3.63. The van der Waals surface area contributed by atoms with Crippen molar-refractivity contribution in [1.82, 2.24) is 5.32 Å². The van der Waals surface area contributed by atoms with Crippen molar-refractivity contribution in [3.05, 3.63) is 92.3 Å². The number of nitro benzene ring substituents is 1. The van der Waals surface area contributed by atoms with Gasteiger partial charge in [0.2, 0.25) is 0 Å². The van der Waals surface area contributed by atoms with Gasteiger partial charge in [0.05, 0.1) is 35.2 Å². The second-order valence-corrected chi connectivity index (χ2v) is 10.8. The topological polar surface area (TPSA) is 128 Å². The zero-order valence-corrected chi connectivity index (χ0v) is 24.6. The summed E-state index contributed by atoms with van der Waals surface area (Å²) in [6.45, 7) is 6.15. The summed E-state index contributed by atoms with van der Waals surface area (Å²) < 4.78 is 11.2. The Labute approximate surface area is 245 Å². The van der Waals surface area contributed by atoms with Gasteiger partial charge in [-0.25, -0.2) is 9.59 Å². The highest BCUT2D eigenvalue weighted by molar-refractivity contribution is 7.99. The second-order valence-electron chi connectivity index (χ2n) is 9.64. The van der Waals surface area contributed by atoms with Crippen molar-refractivity contribution >= 4 is 29.4 Å². The number of nitrogens with one attached hydrogen (secondary N) is 1. The van der Waals surface area contributed by atoms with Crippen LogP contribution in [0.1, 0.15) is 63.5 Å². The maximum atomic E-state index is 13.5. The van der Waals surface area contributed by atoms with E-state index in [0.717, 1.165) is 22.6 Å². The van der Waals surface area contributed by atoms with Crippen LogP contribution in [0.15, 0.2) is 76.0 Å². The maximum Gasteiger partial charge on any atom is 0.336 e. The monoisotopic (exact) mass is 582 g/mol. The van der Waals surface area contributed by atoms with Gasteiger partial charge in [0, 0.05) is 40.8 Å². The largest absolute Gasteiger partial charge is 0.462 e. The number of ether oxygens (including phenoxy) is 2. The minimum Gasteiger partial charge on any atom is -0.462 e. The molecule has 0 spiro atoms. The van der Waals surface area contributed by atoms with Gasteiger partial charge in [0.15, 0.2) is 0 Å². The first-order valence-corrected chi connectivity index (χ1v) is 14.9. The highest BCUT2D eigenvalue weighted by Crippen LogP contribution is 2.41. The summed E-state index contributed by atoms with van der Waals surface area (Å²) in [6.07, 6.45) is 3.25. The fourth-order valence-corrected chi connectivity index (χ4v) is 5.42. The van der Waals surface area contributed by atoms with E-state index in [1.54, 1.807) is 30.8 Å². The molecule has 10 heteroatoms. The van der Waals surface area contributed by atoms with Gasteiger partial charge in [0.25, 0.3) is 5.69 Å². The Morgan fingerprint density at radius 3 is 2.34 bits per heavy atom. The van der Waals surface area contributed by atoms with Gasteiger partial charge in [-0.05, 0) is 55.9 Å². The third-order valence-electron chi connectivity index (χ3n) is 6.70. The number of carbonyl (C=O) groups excluding carboxylic acids is 2. The summed E-state index contributed by atoms with van der Waals surface area (Å²) in [6, 6.07) is 14.0. The van der Waals surface area contributed by atoms with Crippen molar-refractivity contribution in [2.75, 3.05) is 25.6 Å². The molecule has 9 nitrogen and oxygen atoms in total. The molecule has 41 heavy (non-hydrogen) atoms. The zero-order valence-electron chi connectivity index (χ0n) is 23.8. The summed E-state index contributed by atoms with van der Waals surface area (Å²) >= 11 is 1.64. The molecule has 1 atom stereocenters. The molecule has 0 radical (unpaired) electrons. The van der Waals surface area contributed by atoms with E-state index in [2.05, 4.69) is 5.32 Å². The van der Waals surface area contributed by atoms with E-state index in [-0.39, 0.29) is 36.7 Å². The molecular weight excluding hydrogens is 544 g/mol. The van der Waals surface area contributed by atoms with Crippen molar-refractivity contribution in [3.8, 4) is 0 Å². The molecule has 1 aliphatic heterocycles. The number of nitro groups is 1. The molecule has 3 rings (SSSR count). The Morgan fingerprint density at radius 2 is 1.71 bits per heavy atom. The van der Waals surface area contributed by atoms with Gasteiger partial charge in [-0.15, -0.1) is 11.8 Å². The number of aliphatic hydroxyl groups is 1. The number of rotatable bonds is 15. The molecule has 220 valence electrons. The number of benzene rings is 2. The lowest BCUT2D eigenvalue weighted by Gasteiger charge is -2.31. The number of carbonyl (C=O) groups is 2. The number of thioether (sulfide) groups is 1. The third kappa shape index (κ3) is 8.68. The van der Waals surface area contributed by atoms with Crippen LogP contribution in [0, 0.1) is 10.1 Å². The molecule has 0 aliphatic carbocycles. The molecule has 0 bridgehead atoms. The number of nitrogens with zero attached hydrogens (tertiary/aromatic N) is 1. The summed E-state index contributed by atoms with van der Waals surface area (Å²) in [4.78, 5) is 39.0. The van der Waals surface area contributed by atoms with Crippen LogP contribution in [0.3, 0.4) is 0 Å².